The highest BCUT2D eigenvalue weighted by molar-refractivity contribution is 8.00. The molecule has 0 aromatic heterocycles. The lowest BCUT2D eigenvalue weighted by Crippen LogP contribution is -2.59. The van der Waals surface area contributed by atoms with Gasteiger partial charge in [0, 0.05) is 31.7 Å². The van der Waals surface area contributed by atoms with Crippen LogP contribution in [0.3, 0.4) is 0 Å². The van der Waals surface area contributed by atoms with E-state index in [0.717, 1.165) is 22.9 Å². The molecule has 2 aliphatic heterocycles. The van der Waals surface area contributed by atoms with E-state index in [2.05, 4.69) is 36.7 Å². The molecule has 1 unspecified atom stereocenters. The third kappa shape index (κ3) is 18.5. The predicted octanol–water partition coefficient (Wildman–Crippen LogP) is -5.31. The van der Waals surface area contributed by atoms with Crippen LogP contribution in [0.1, 0.15) is 56.9 Å². The number of guanidine groups is 1. The van der Waals surface area contributed by atoms with Gasteiger partial charge in [-0.15, -0.1) is 11.8 Å². The van der Waals surface area contributed by atoms with Crippen LogP contribution in [0.2, 0.25) is 0 Å². The highest BCUT2D eigenvalue weighted by Crippen LogP contribution is 2.26. The molecular formula is C40H60N10O15S. The Morgan fingerprint density at radius 2 is 1.48 bits per heavy atom. The Balaban J connectivity index is 1.72. The maximum Gasteiger partial charge on any atom is 0.305 e. The van der Waals surface area contributed by atoms with Crippen molar-refractivity contribution in [1.82, 2.24) is 31.5 Å². The van der Waals surface area contributed by atoms with Crippen LogP contribution in [0.25, 0.3) is 0 Å². The van der Waals surface area contributed by atoms with Crippen molar-refractivity contribution < 1.29 is 73.8 Å². The highest BCUT2D eigenvalue weighted by Gasteiger charge is 2.40. The molecule has 66 heavy (non-hydrogen) atoms. The Morgan fingerprint density at radius 3 is 2.17 bits per heavy atom. The predicted molar refractivity (Wildman–Crippen MR) is 235 cm³/mol. The molecule has 26 heteroatoms. The van der Waals surface area contributed by atoms with E-state index in [4.69, 9.17) is 21.4 Å². The second kappa shape index (κ2) is 28.2. The molecule has 1 aromatic rings. The summed E-state index contributed by atoms with van der Waals surface area (Å²) in [5, 5.41) is 72.0. The number of likely N-dealkylation sites (tertiary alicyclic amines) is 1. The van der Waals surface area contributed by atoms with Crippen LogP contribution in [0, 0.1) is 0 Å². The largest absolute Gasteiger partial charge is 0.481 e. The number of oxime groups is 1. The number of aliphatic carboxylic acids is 1. The molecule has 9 atom stereocenters. The molecule has 25 nitrogen and oxygen atoms in total. The Morgan fingerprint density at radius 1 is 0.833 bits per heavy atom. The number of carboxylic acids is 1. The van der Waals surface area contributed by atoms with E-state index in [-0.39, 0.29) is 57.1 Å². The first-order valence-corrected chi connectivity index (χ1v) is 22.2. The number of hydrogen-bond acceptors (Lipinski definition) is 17. The number of amides is 7. The first-order valence-electron chi connectivity index (χ1n) is 21.1. The average molecular weight is 953 g/mol. The molecule has 0 aliphatic carbocycles. The molecule has 2 aliphatic rings. The molecular weight excluding hydrogens is 893 g/mol. The molecule has 7 amide bonds. The standard InChI is InChI=1S/C40H60N10O15S/c41-40(42)43-12-8-11-23-35(60)44-19-30(54)46-25(16-32(56)57)37(62)48-24(15-22-9-4-3-5-10-22)36(61)49-26(38(63)47-23)21-66-29-17-31(55)50(39(29)64)13-6-1-2-7-14-65-45-18-27(52)33(58)34(59)28(53)20-51/h3-5,9-10,18,23-29,33-34,51-53,58-59H,1-2,6-8,11-17,19-21H2,(H,44,60)(H,46,54)(H,47,63)(H,48,62)(H,49,61)(H,56,57)(H4,41,42,43)/b45-18+/t23-,24+,25-,26-,27-,28+,29?,33+,34+/m0/s1. The van der Waals surface area contributed by atoms with Crippen molar-refractivity contribution >= 4 is 71.3 Å². The van der Waals surface area contributed by atoms with E-state index < -0.39 is 121 Å². The summed E-state index contributed by atoms with van der Waals surface area (Å²) in [7, 11) is 0. The number of carbonyl (C=O) groups is 8. The molecule has 0 spiro atoms. The van der Waals surface area contributed by atoms with E-state index in [1.807, 2.05) is 0 Å². The van der Waals surface area contributed by atoms with Gasteiger partial charge in [0.1, 0.15) is 55.2 Å². The van der Waals surface area contributed by atoms with E-state index in [1.54, 1.807) is 30.3 Å². The van der Waals surface area contributed by atoms with Gasteiger partial charge in [0.25, 0.3) is 0 Å². The summed E-state index contributed by atoms with van der Waals surface area (Å²) in [4.78, 5) is 116. The van der Waals surface area contributed by atoms with Gasteiger partial charge in [-0.3, -0.25) is 48.2 Å². The number of benzene rings is 1. The zero-order valence-electron chi connectivity index (χ0n) is 36.0. The number of carboxylic acid groups (broad SMARTS) is 1. The van der Waals surface area contributed by atoms with Crippen LogP contribution in [-0.4, -0.2) is 187 Å². The lowest BCUT2D eigenvalue weighted by Gasteiger charge is -2.26. The number of aliphatic hydroxyl groups excluding tert-OH is 5. The number of rotatable bonds is 24. The zero-order chi connectivity index (χ0) is 48.8. The van der Waals surface area contributed by atoms with Crippen LogP contribution in [0.15, 0.2) is 40.5 Å². The Labute approximate surface area is 383 Å². The second-order valence-electron chi connectivity index (χ2n) is 15.4. The molecule has 0 radical (unpaired) electrons. The summed E-state index contributed by atoms with van der Waals surface area (Å²) in [6, 6.07) is 2.57. The fraction of sp³-hybridized carbons (Fsp3) is 0.600. The van der Waals surface area contributed by atoms with Crippen LogP contribution in [0.4, 0.5) is 0 Å². The molecule has 2 fully saturated rings. The Bertz CT molecular complexity index is 1880. The van der Waals surface area contributed by atoms with Gasteiger partial charge in [-0.2, -0.15) is 0 Å². The van der Waals surface area contributed by atoms with Crippen LogP contribution in [0.5, 0.6) is 0 Å². The van der Waals surface area contributed by atoms with Gasteiger partial charge in [0.05, 0.1) is 31.0 Å². The van der Waals surface area contributed by atoms with Crippen molar-refractivity contribution in [3.05, 3.63) is 35.9 Å². The third-order valence-corrected chi connectivity index (χ3v) is 11.5. The van der Waals surface area contributed by atoms with Gasteiger partial charge in [-0.25, -0.2) is 0 Å². The Kier molecular flexibility index (Phi) is 23.2. The number of unbranched alkanes of at least 4 members (excludes halogenated alkanes) is 3. The minimum absolute atomic E-state index is 0.0479. The smallest absolute Gasteiger partial charge is 0.305 e. The minimum Gasteiger partial charge on any atom is -0.481 e. The maximum absolute atomic E-state index is 14.1. The fourth-order valence-corrected chi connectivity index (χ4v) is 7.75. The summed E-state index contributed by atoms with van der Waals surface area (Å²) in [5.74, 6) is -7.48. The molecule has 2 heterocycles. The summed E-state index contributed by atoms with van der Waals surface area (Å²) >= 11 is 0.921. The van der Waals surface area contributed by atoms with Crippen LogP contribution < -0.4 is 38.1 Å². The number of thioether (sulfide) groups is 1. The monoisotopic (exact) mass is 952 g/mol. The lowest BCUT2D eigenvalue weighted by atomic mass is 10.0. The van der Waals surface area contributed by atoms with E-state index in [1.165, 1.54) is 0 Å². The van der Waals surface area contributed by atoms with Crippen molar-refractivity contribution in [1.29, 1.82) is 0 Å². The molecule has 3 rings (SSSR count). The van der Waals surface area contributed by atoms with E-state index >= 15 is 0 Å². The number of aliphatic imine (C=N–C) groups is 1. The van der Waals surface area contributed by atoms with Gasteiger partial charge >= 0.3 is 5.97 Å². The van der Waals surface area contributed by atoms with E-state index in [9.17, 15) is 63.9 Å². The summed E-state index contributed by atoms with van der Waals surface area (Å²) in [5.41, 5.74) is 11.4. The fourth-order valence-electron chi connectivity index (χ4n) is 6.56. The number of nitrogens with two attached hydrogens (primary N) is 2. The molecule has 15 N–H and O–H groups in total. The van der Waals surface area contributed by atoms with Crippen molar-refractivity contribution in [3.8, 4) is 0 Å². The van der Waals surface area contributed by atoms with E-state index in [0.29, 0.717) is 31.2 Å². The van der Waals surface area contributed by atoms with Gasteiger partial charge in [0.15, 0.2) is 5.96 Å². The van der Waals surface area contributed by atoms with Crippen molar-refractivity contribution in [2.75, 3.05) is 38.6 Å². The molecule has 0 saturated carbocycles. The van der Waals surface area contributed by atoms with Gasteiger partial charge in [0.2, 0.25) is 41.4 Å². The maximum atomic E-state index is 14.1. The zero-order valence-corrected chi connectivity index (χ0v) is 36.8. The van der Waals surface area contributed by atoms with Crippen molar-refractivity contribution in [3.63, 3.8) is 0 Å². The normalized spacial score (nSPS) is 23.0. The topological polar surface area (TPSA) is 407 Å². The second-order valence-corrected chi connectivity index (χ2v) is 16.6. The van der Waals surface area contributed by atoms with Crippen LogP contribution in [-0.2, 0) is 49.6 Å². The summed E-state index contributed by atoms with van der Waals surface area (Å²) in [6.07, 6.45) is -5.16. The third-order valence-electron chi connectivity index (χ3n) is 10.2. The SMILES string of the molecule is NC(N)=NCCC[C@@H]1NC(=O)[C@H](CSC2CC(=O)N(CCCCCCO/N=C/[C@H](O)[C@@H](O)[C@H](O)[C@H](O)CO)C2=O)NC(=O)[C@@H](Cc2ccccc2)NC(=O)[C@H](CC(=O)O)NC(=O)CNC1=O. The molecule has 2 saturated heterocycles. The molecule has 366 valence electrons. The highest BCUT2D eigenvalue weighted by atomic mass is 32.2. The summed E-state index contributed by atoms with van der Waals surface area (Å²) < 4.78 is 0. The molecule has 1 aromatic carbocycles. The summed E-state index contributed by atoms with van der Waals surface area (Å²) in [6.45, 7) is -1.27. The van der Waals surface area contributed by atoms with Gasteiger partial charge in [-0.05, 0) is 37.7 Å². The number of aliphatic hydroxyl groups is 5. The first-order chi connectivity index (χ1) is 31.4. The first kappa shape index (κ1) is 54.4. The number of carbonyl (C=O) groups excluding carboxylic acids is 7. The molecule has 0 bridgehead atoms. The number of nitrogens with one attached hydrogen (secondary N) is 5. The quantitative estimate of drug-likeness (QED) is 0.0151. The Hall–Kier alpha value is -5.93. The lowest BCUT2D eigenvalue weighted by molar-refractivity contribution is -0.141. The average Bonchev–Trinajstić information content (AvgIpc) is 3.55. The number of hydrogen-bond donors (Lipinski definition) is 13. The minimum atomic E-state index is -1.82. The van der Waals surface area contributed by atoms with Crippen LogP contribution >= 0.6 is 11.8 Å². The van der Waals surface area contributed by atoms with Gasteiger partial charge < -0.3 is 73.5 Å². The van der Waals surface area contributed by atoms with Crippen molar-refractivity contribution in [2.45, 2.75) is 112 Å². The number of imide groups is 1. The van der Waals surface area contributed by atoms with Crippen molar-refractivity contribution in [2.24, 2.45) is 21.6 Å². The van der Waals surface area contributed by atoms with Gasteiger partial charge in [-0.1, -0.05) is 41.9 Å². The number of nitrogens with zero attached hydrogens (tertiary/aromatic N) is 3.